The minimum atomic E-state index is -0.0103. The summed E-state index contributed by atoms with van der Waals surface area (Å²) in [6.07, 6.45) is 3.64. The lowest BCUT2D eigenvalue weighted by Gasteiger charge is -2.04. The molecule has 3 nitrogen and oxygen atoms in total. The van der Waals surface area contributed by atoms with Gasteiger partial charge in [-0.2, -0.15) is 0 Å². The maximum absolute atomic E-state index is 5.72. The molecule has 2 N–H and O–H groups in total. The van der Waals surface area contributed by atoms with E-state index >= 15 is 0 Å². The van der Waals surface area contributed by atoms with Crippen LogP contribution >= 0.6 is 23.1 Å². The van der Waals surface area contributed by atoms with Gasteiger partial charge in [0.2, 0.25) is 0 Å². The number of hydrogen-bond acceptors (Lipinski definition) is 5. The first-order valence-corrected chi connectivity index (χ1v) is 6.24. The van der Waals surface area contributed by atoms with Crippen molar-refractivity contribution in [3.63, 3.8) is 0 Å². The smallest absolute Gasteiger partial charge is 0.154 e. The molecule has 2 aromatic heterocycles. The van der Waals surface area contributed by atoms with Gasteiger partial charge in [-0.3, -0.25) is 4.98 Å². The third-order valence-corrected chi connectivity index (χ3v) is 3.70. The largest absolute Gasteiger partial charge is 0.323 e. The van der Waals surface area contributed by atoms with E-state index < -0.39 is 0 Å². The van der Waals surface area contributed by atoms with Crippen LogP contribution in [0.3, 0.4) is 0 Å². The van der Waals surface area contributed by atoms with Gasteiger partial charge >= 0.3 is 0 Å². The first kappa shape index (κ1) is 10.6. The molecule has 0 saturated carbocycles. The van der Waals surface area contributed by atoms with Crippen LogP contribution in [0.1, 0.15) is 18.7 Å². The lowest BCUT2D eigenvalue weighted by atomic mass is 10.2. The molecule has 2 heterocycles. The molecule has 0 aliphatic rings. The molecule has 0 unspecified atom stereocenters. The molecule has 78 valence electrons. The zero-order chi connectivity index (χ0) is 10.7. The Morgan fingerprint density at radius 2 is 2.27 bits per heavy atom. The number of aromatic nitrogens is 2. The highest BCUT2D eigenvalue weighted by atomic mass is 32.2. The second kappa shape index (κ2) is 4.74. The van der Waals surface area contributed by atoms with E-state index in [1.54, 1.807) is 29.3 Å². The molecule has 0 saturated heterocycles. The van der Waals surface area contributed by atoms with Crippen LogP contribution in [-0.2, 0) is 0 Å². The molecule has 0 radical (unpaired) electrons. The van der Waals surface area contributed by atoms with Crippen LogP contribution in [0.2, 0.25) is 0 Å². The van der Waals surface area contributed by atoms with Crippen molar-refractivity contribution in [1.82, 2.24) is 9.97 Å². The second-order valence-corrected chi connectivity index (χ2v) is 5.32. The third kappa shape index (κ3) is 2.77. The summed E-state index contributed by atoms with van der Waals surface area (Å²) >= 11 is 3.25. The Bertz CT molecular complexity index is 409. The predicted octanol–water partition coefficient (Wildman–Crippen LogP) is 2.71. The average molecular weight is 237 g/mol. The van der Waals surface area contributed by atoms with E-state index in [-0.39, 0.29) is 6.04 Å². The average Bonchev–Trinajstić information content (AvgIpc) is 2.71. The van der Waals surface area contributed by atoms with Crippen molar-refractivity contribution in [1.29, 1.82) is 0 Å². The summed E-state index contributed by atoms with van der Waals surface area (Å²) < 4.78 is 1.03. The van der Waals surface area contributed by atoms with Crippen LogP contribution in [0.25, 0.3) is 0 Å². The zero-order valence-corrected chi connectivity index (χ0v) is 9.89. The molecular weight excluding hydrogens is 226 g/mol. The van der Waals surface area contributed by atoms with Gasteiger partial charge in [0.15, 0.2) is 4.34 Å². The highest BCUT2D eigenvalue weighted by molar-refractivity contribution is 8.01. The number of rotatable bonds is 3. The Morgan fingerprint density at radius 1 is 1.40 bits per heavy atom. The van der Waals surface area contributed by atoms with Crippen molar-refractivity contribution in [2.24, 2.45) is 5.73 Å². The van der Waals surface area contributed by atoms with E-state index in [1.807, 2.05) is 30.6 Å². The van der Waals surface area contributed by atoms with Crippen LogP contribution in [0, 0.1) is 0 Å². The van der Waals surface area contributed by atoms with E-state index in [0.29, 0.717) is 0 Å². The maximum Gasteiger partial charge on any atom is 0.154 e. The molecule has 0 fully saturated rings. The summed E-state index contributed by atoms with van der Waals surface area (Å²) in [7, 11) is 0. The molecule has 0 aliphatic carbocycles. The first-order valence-electron chi connectivity index (χ1n) is 4.54. The van der Waals surface area contributed by atoms with Crippen molar-refractivity contribution >= 4 is 23.1 Å². The van der Waals surface area contributed by atoms with Gasteiger partial charge in [-0.1, -0.05) is 11.8 Å². The molecule has 0 aliphatic heterocycles. The minimum absolute atomic E-state index is 0.0103. The number of nitrogens with zero attached hydrogens (tertiary/aromatic N) is 2. The molecule has 0 spiro atoms. The number of hydrogen-bond donors (Lipinski definition) is 1. The van der Waals surface area contributed by atoms with Gasteiger partial charge in [-0.05, 0) is 19.1 Å². The highest BCUT2D eigenvalue weighted by Crippen LogP contribution is 2.28. The lowest BCUT2D eigenvalue weighted by Crippen LogP contribution is -2.06. The minimum Gasteiger partial charge on any atom is -0.323 e. The Labute approximate surface area is 96.8 Å². The second-order valence-electron chi connectivity index (χ2n) is 3.11. The van der Waals surface area contributed by atoms with Gasteiger partial charge in [-0.25, -0.2) is 4.98 Å². The summed E-state index contributed by atoms with van der Waals surface area (Å²) in [6.45, 7) is 1.93. The molecule has 0 aromatic carbocycles. The molecular formula is C10H11N3S2. The van der Waals surface area contributed by atoms with Crippen LogP contribution in [0.5, 0.6) is 0 Å². The van der Waals surface area contributed by atoms with Crippen molar-refractivity contribution in [3.8, 4) is 0 Å². The molecule has 0 bridgehead atoms. The lowest BCUT2D eigenvalue weighted by molar-refractivity contribution is 0.777. The fraction of sp³-hybridized carbons (Fsp3) is 0.200. The molecule has 1 atom stereocenters. The van der Waals surface area contributed by atoms with Crippen molar-refractivity contribution in [3.05, 3.63) is 35.6 Å². The number of thiazole rings is 1. The first-order chi connectivity index (χ1) is 7.25. The van der Waals surface area contributed by atoms with Crippen LogP contribution in [0.4, 0.5) is 0 Å². The van der Waals surface area contributed by atoms with Crippen LogP contribution in [0.15, 0.2) is 39.1 Å². The highest BCUT2D eigenvalue weighted by Gasteiger charge is 2.03. The summed E-state index contributed by atoms with van der Waals surface area (Å²) in [4.78, 5) is 9.58. The zero-order valence-electron chi connectivity index (χ0n) is 8.25. The van der Waals surface area contributed by atoms with Crippen molar-refractivity contribution < 1.29 is 0 Å². The quantitative estimate of drug-likeness (QED) is 0.891. The topological polar surface area (TPSA) is 51.8 Å². The van der Waals surface area contributed by atoms with Crippen LogP contribution in [-0.4, -0.2) is 9.97 Å². The molecule has 0 amide bonds. The van der Waals surface area contributed by atoms with E-state index in [1.165, 1.54) is 0 Å². The number of nitrogens with two attached hydrogens (primary N) is 1. The molecule has 2 aromatic rings. The van der Waals surface area contributed by atoms with Crippen molar-refractivity contribution in [2.75, 3.05) is 0 Å². The Balaban J connectivity index is 2.11. The van der Waals surface area contributed by atoms with Gasteiger partial charge in [0.25, 0.3) is 0 Å². The van der Waals surface area contributed by atoms with Gasteiger partial charge in [0.05, 0.1) is 5.69 Å². The Hall–Kier alpha value is -0.910. The summed E-state index contributed by atoms with van der Waals surface area (Å²) in [5.41, 5.74) is 6.64. The fourth-order valence-electron chi connectivity index (χ4n) is 1.08. The SMILES string of the molecule is C[C@H](N)c1ccc(Sc2nccs2)cn1. The molecule has 15 heavy (non-hydrogen) atoms. The predicted molar refractivity (Wildman–Crippen MR) is 63.1 cm³/mol. The van der Waals surface area contributed by atoms with E-state index in [9.17, 15) is 0 Å². The van der Waals surface area contributed by atoms with Gasteiger partial charge in [0.1, 0.15) is 0 Å². The van der Waals surface area contributed by atoms with E-state index in [0.717, 1.165) is 14.9 Å². The van der Waals surface area contributed by atoms with E-state index in [4.69, 9.17) is 5.73 Å². The summed E-state index contributed by atoms with van der Waals surface area (Å²) in [5.74, 6) is 0. The normalized spacial score (nSPS) is 12.7. The summed E-state index contributed by atoms with van der Waals surface area (Å²) in [6, 6.07) is 3.97. The third-order valence-electron chi connectivity index (χ3n) is 1.84. The maximum atomic E-state index is 5.72. The van der Waals surface area contributed by atoms with Gasteiger partial charge < -0.3 is 5.73 Å². The Kier molecular flexibility index (Phi) is 3.35. The van der Waals surface area contributed by atoms with Gasteiger partial charge in [-0.15, -0.1) is 11.3 Å². The molecule has 2 rings (SSSR count). The monoisotopic (exact) mass is 237 g/mol. The number of pyridine rings is 1. The Morgan fingerprint density at radius 3 is 2.80 bits per heavy atom. The van der Waals surface area contributed by atoms with Crippen LogP contribution < -0.4 is 5.73 Å². The van der Waals surface area contributed by atoms with Crippen molar-refractivity contribution in [2.45, 2.75) is 22.2 Å². The fourth-order valence-corrected chi connectivity index (χ4v) is 2.65. The van der Waals surface area contributed by atoms with E-state index in [2.05, 4.69) is 9.97 Å². The summed E-state index contributed by atoms with van der Waals surface area (Å²) in [5, 5.41) is 1.96. The molecule has 5 heteroatoms. The standard InChI is InChI=1S/C10H11N3S2/c1-7(11)9-3-2-8(6-13-9)15-10-12-4-5-14-10/h2-7H,11H2,1H3/t7-/m0/s1. The van der Waals surface area contributed by atoms with Gasteiger partial charge in [0, 0.05) is 28.7 Å².